The molecule has 2 N–H and O–H groups in total. The Hall–Kier alpha value is -2.88. The van der Waals surface area contributed by atoms with E-state index < -0.39 is 0 Å². The zero-order valence-electron chi connectivity index (χ0n) is 12.2. The van der Waals surface area contributed by atoms with Gasteiger partial charge in [0.1, 0.15) is 0 Å². The van der Waals surface area contributed by atoms with E-state index in [4.69, 9.17) is 28.5 Å². The number of aromatic nitrogens is 3. The molecule has 0 saturated heterocycles. The highest BCUT2D eigenvalue weighted by molar-refractivity contribution is 6.39. The van der Waals surface area contributed by atoms with E-state index in [2.05, 4.69) is 31.9 Å². The third kappa shape index (κ3) is 3.71. The van der Waals surface area contributed by atoms with Crippen molar-refractivity contribution in [1.82, 2.24) is 15.2 Å². The van der Waals surface area contributed by atoms with E-state index in [9.17, 15) is 0 Å². The zero-order chi connectivity index (χ0) is 16.9. The summed E-state index contributed by atoms with van der Waals surface area (Å²) in [6.07, 6.45) is 1.47. The van der Waals surface area contributed by atoms with E-state index in [1.54, 1.807) is 36.4 Å². The number of nitriles is 1. The molecule has 3 aromatic rings. The van der Waals surface area contributed by atoms with Crippen molar-refractivity contribution in [2.24, 2.45) is 0 Å². The molecule has 0 aliphatic heterocycles. The molecule has 24 heavy (non-hydrogen) atoms. The molecule has 0 aliphatic carbocycles. The Balaban J connectivity index is 1.83. The number of anilines is 4. The van der Waals surface area contributed by atoms with Crippen molar-refractivity contribution in [3.63, 3.8) is 0 Å². The predicted molar refractivity (Wildman–Crippen MR) is 94.0 cm³/mol. The summed E-state index contributed by atoms with van der Waals surface area (Å²) in [5, 5.41) is 23.7. The fourth-order valence-corrected chi connectivity index (χ4v) is 2.45. The van der Waals surface area contributed by atoms with Gasteiger partial charge in [-0.1, -0.05) is 35.3 Å². The molecule has 3 rings (SSSR count). The summed E-state index contributed by atoms with van der Waals surface area (Å²) in [5.41, 5.74) is 1.77. The van der Waals surface area contributed by atoms with Crippen LogP contribution in [0, 0.1) is 11.3 Å². The molecule has 8 heteroatoms. The Labute approximate surface area is 148 Å². The highest BCUT2D eigenvalue weighted by Crippen LogP contribution is 2.31. The molecule has 1 heterocycles. The van der Waals surface area contributed by atoms with Gasteiger partial charge in [0.15, 0.2) is 5.82 Å². The van der Waals surface area contributed by atoms with Crippen LogP contribution < -0.4 is 10.6 Å². The van der Waals surface area contributed by atoms with Gasteiger partial charge in [-0.15, -0.1) is 5.10 Å². The minimum atomic E-state index is 0.242. The van der Waals surface area contributed by atoms with Crippen molar-refractivity contribution in [3.8, 4) is 6.07 Å². The molecule has 0 fully saturated rings. The first-order valence-corrected chi connectivity index (χ1v) is 7.59. The van der Waals surface area contributed by atoms with Gasteiger partial charge in [-0.05, 0) is 30.3 Å². The van der Waals surface area contributed by atoms with Gasteiger partial charge in [-0.25, -0.2) is 0 Å². The van der Waals surface area contributed by atoms with Crippen molar-refractivity contribution in [3.05, 3.63) is 64.3 Å². The molecule has 0 spiro atoms. The number of hydrogen-bond donors (Lipinski definition) is 2. The van der Waals surface area contributed by atoms with Crippen LogP contribution in [0.15, 0.2) is 48.7 Å². The standard InChI is InChI=1S/C16H10Cl2N6/c17-12-5-2-6-13(18)15(12)23-16-22-14(9-20-24-16)21-11-4-1-3-10(7-11)8-19/h1-7,9H,(H2,21,22,23,24). The first-order chi connectivity index (χ1) is 11.7. The lowest BCUT2D eigenvalue weighted by molar-refractivity contribution is 0.982. The third-order valence-corrected chi connectivity index (χ3v) is 3.65. The quantitative estimate of drug-likeness (QED) is 0.713. The number of benzene rings is 2. The maximum absolute atomic E-state index is 8.94. The van der Waals surface area contributed by atoms with E-state index in [0.29, 0.717) is 27.1 Å². The molecule has 0 unspecified atom stereocenters. The van der Waals surface area contributed by atoms with E-state index >= 15 is 0 Å². The van der Waals surface area contributed by atoms with Gasteiger partial charge in [0.25, 0.3) is 0 Å². The Morgan fingerprint density at radius 2 is 1.75 bits per heavy atom. The van der Waals surface area contributed by atoms with Crippen molar-refractivity contribution < 1.29 is 0 Å². The predicted octanol–water partition coefficient (Wildman–Crippen LogP) is 4.54. The Bertz CT molecular complexity index is 902. The van der Waals surface area contributed by atoms with Crippen molar-refractivity contribution in [1.29, 1.82) is 5.26 Å². The first-order valence-electron chi connectivity index (χ1n) is 6.83. The molecular formula is C16H10Cl2N6. The Kier molecular flexibility index (Phi) is 4.75. The van der Waals surface area contributed by atoms with Crippen LogP contribution in [0.3, 0.4) is 0 Å². The summed E-state index contributed by atoms with van der Waals surface area (Å²) in [5.74, 6) is 0.706. The molecule has 1 aromatic heterocycles. The zero-order valence-corrected chi connectivity index (χ0v) is 13.7. The van der Waals surface area contributed by atoms with Crippen molar-refractivity contribution >= 4 is 46.3 Å². The SMILES string of the molecule is N#Cc1cccc(Nc2cnnc(Nc3c(Cl)cccc3Cl)n2)c1. The van der Waals surface area contributed by atoms with Gasteiger partial charge in [-0.3, -0.25) is 0 Å². The lowest BCUT2D eigenvalue weighted by atomic mass is 10.2. The number of halogens is 2. The van der Waals surface area contributed by atoms with Gasteiger partial charge in [-0.2, -0.15) is 15.3 Å². The number of para-hydroxylation sites is 1. The highest BCUT2D eigenvalue weighted by atomic mass is 35.5. The third-order valence-electron chi connectivity index (χ3n) is 3.02. The van der Waals surface area contributed by atoms with Gasteiger partial charge < -0.3 is 10.6 Å². The summed E-state index contributed by atoms with van der Waals surface area (Å²) in [7, 11) is 0. The molecule has 0 saturated carbocycles. The molecule has 0 radical (unpaired) electrons. The van der Waals surface area contributed by atoms with Crippen LogP contribution in [0.25, 0.3) is 0 Å². The molecule has 2 aromatic carbocycles. The van der Waals surface area contributed by atoms with Gasteiger partial charge in [0.05, 0.1) is 33.6 Å². The fraction of sp³-hybridized carbons (Fsp3) is 0. The van der Waals surface area contributed by atoms with E-state index in [1.807, 2.05) is 6.07 Å². The summed E-state index contributed by atoms with van der Waals surface area (Å²) < 4.78 is 0. The second kappa shape index (κ2) is 7.13. The summed E-state index contributed by atoms with van der Waals surface area (Å²) in [4.78, 5) is 4.31. The summed E-state index contributed by atoms with van der Waals surface area (Å²) >= 11 is 12.2. The largest absolute Gasteiger partial charge is 0.339 e. The Morgan fingerprint density at radius 1 is 1.00 bits per heavy atom. The molecule has 118 valence electrons. The van der Waals surface area contributed by atoms with Crippen LogP contribution in [0.2, 0.25) is 10.0 Å². The minimum Gasteiger partial charge on any atom is -0.339 e. The molecular weight excluding hydrogens is 347 g/mol. The molecule has 0 bridgehead atoms. The highest BCUT2D eigenvalue weighted by Gasteiger charge is 2.08. The average Bonchev–Trinajstić information content (AvgIpc) is 2.59. The topological polar surface area (TPSA) is 86.5 Å². The van der Waals surface area contributed by atoms with Crippen LogP contribution >= 0.6 is 23.2 Å². The van der Waals surface area contributed by atoms with Gasteiger partial charge in [0, 0.05) is 5.69 Å². The number of rotatable bonds is 4. The van der Waals surface area contributed by atoms with Crippen LogP contribution in [-0.4, -0.2) is 15.2 Å². The van der Waals surface area contributed by atoms with Crippen molar-refractivity contribution in [2.45, 2.75) is 0 Å². The normalized spacial score (nSPS) is 10.0. The van der Waals surface area contributed by atoms with Gasteiger partial charge in [0.2, 0.25) is 5.95 Å². The van der Waals surface area contributed by atoms with E-state index in [-0.39, 0.29) is 5.95 Å². The monoisotopic (exact) mass is 356 g/mol. The van der Waals surface area contributed by atoms with Crippen LogP contribution in [0.1, 0.15) is 5.56 Å². The van der Waals surface area contributed by atoms with Crippen molar-refractivity contribution in [2.75, 3.05) is 10.6 Å². The number of nitrogens with zero attached hydrogens (tertiary/aromatic N) is 4. The number of nitrogens with one attached hydrogen (secondary N) is 2. The number of hydrogen-bond acceptors (Lipinski definition) is 6. The summed E-state index contributed by atoms with van der Waals surface area (Å²) in [6, 6.07) is 14.3. The fourth-order valence-electron chi connectivity index (χ4n) is 1.96. The first kappa shape index (κ1) is 16.0. The Morgan fingerprint density at radius 3 is 2.50 bits per heavy atom. The second-order valence-electron chi connectivity index (χ2n) is 4.70. The van der Waals surface area contributed by atoms with E-state index in [1.165, 1.54) is 6.20 Å². The molecule has 0 aliphatic rings. The van der Waals surface area contributed by atoms with Crippen LogP contribution in [0.5, 0.6) is 0 Å². The molecule has 0 atom stereocenters. The average molecular weight is 357 g/mol. The van der Waals surface area contributed by atoms with Crippen LogP contribution in [0.4, 0.5) is 23.1 Å². The maximum atomic E-state index is 8.94. The lowest BCUT2D eigenvalue weighted by Gasteiger charge is -2.10. The minimum absolute atomic E-state index is 0.242. The smallest absolute Gasteiger partial charge is 0.249 e. The lowest BCUT2D eigenvalue weighted by Crippen LogP contribution is -2.03. The van der Waals surface area contributed by atoms with Crippen LogP contribution in [-0.2, 0) is 0 Å². The van der Waals surface area contributed by atoms with Gasteiger partial charge >= 0.3 is 0 Å². The molecule has 6 nitrogen and oxygen atoms in total. The maximum Gasteiger partial charge on any atom is 0.249 e. The van der Waals surface area contributed by atoms with E-state index in [0.717, 1.165) is 5.69 Å². The summed E-state index contributed by atoms with van der Waals surface area (Å²) in [6.45, 7) is 0. The molecule has 0 amide bonds. The second-order valence-corrected chi connectivity index (χ2v) is 5.52.